The predicted molar refractivity (Wildman–Crippen MR) is 82.4 cm³/mol. The second-order valence-corrected chi connectivity index (χ2v) is 5.80. The van der Waals surface area contributed by atoms with Crippen molar-refractivity contribution in [3.63, 3.8) is 0 Å². The van der Waals surface area contributed by atoms with Crippen LogP contribution < -0.4 is 10.6 Å². The maximum absolute atomic E-state index is 6.09. The van der Waals surface area contributed by atoms with E-state index in [0.717, 1.165) is 17.9 Å². The lowest BCUT2D eigenvalue weighted by molar-refractivity contribution is 0.565. The highest BCUT2D eigenvalue weighted by Gasteiger charge is 2.31. The molecule has 1 aliphatic heterocycles. The van der Waals surface area contributed by atoms with E-state index in [0.29, 0.717) is 10.0 Å². The summed E-state index contributed by atoms with van der Waals surface area (Å²) in [7, 11) is 0. The predicted octanol–water partition coefficient (Wildman–Crippen LogP) is 4.75. The van der Waals surface area contributed by atoms with Gasteiger partial charge in [-0.15, -0.1) is 0 Å². The van der Waals surface area contributed by atoms with Crippen molar-refractivity contribution >= 4 is 34.6 Å². The number of rotatable bonds is 1. The normalized spacial score (nSPS) is 21.2. The van der Waals surface area contributed by atoms with Crippen LogP contribution in [0.4, 0.5) is 11.4 Å². The molecule has 0 bridgehead atoms. The fourth-order valence-electron chi connectivity index (χ4n) is 2.39. The van der Waals surface area contributed by atoms with Crippen molar-refractivity contribution in [3.8, 4) is 0 Å². The standard InChI is InChI=1S/C15H14Cl2N2/c1-15(10-5-3-2-4-6-10)9-18-13-7-11(16)12(17)8-14(13)19-15/h2-8,18-19H,9H2,1H3. The Morgan fingerprint density at radius 3 is 2.32 bits per heavy atom. The summed E-state index contributed by atoms with van der Waals surface area (Å²) in [4.78, 5) is 0. The van der Waals surface area contributed by atoms with E-state index in [1.54, 1.807) is 0 Å². The minimum absolute atomic E-state index is 0.161. The van der Waals surface area contributed by atoms with Gasteiger partial charge in [-0.2, -0.15) is 0 Å². The average molecular weight is 293 g/mol. The monoisotopic (exact) mass is 292 g/mol. The van der Waals surface area contributed by atoms with Crippen LogP contribution in [0.5, 0.6) is 0 Å². The first kappa shape index (κ1) is 12.6. The molecule has 0 saturated heterocycles. The molecule has 1 unspecified atom stereocenters. The molecule has 2 aromatic carbocycles. The van der Waals surface area contributed by atoms with Gasteiger partial charge in [-0.1, -0.05) is 53.5 Å². The van der Waals surface area contributed by atoms with Gasteiger partial charge >= 0.3 is 0 Å². The first-order valence-corrected chi connectivity index (χ1v) is 6.91. The Morgan fingerprint density at radius 1 is 1.00 bits per heavy atom. The third-order valence-electron chi connectivity index (χ3n) is 3.51. The highest BCUT2D eigenvalue weighted by Crippen LogP contribution is 2.39. The van der Waals surface area contributed by atoms with Crippen LogP contribution >= 0.6 is 23.2 Å². The number of halogens is 2. The van der Waals surface area contributed by atoms with Gasteiger partial charge in [0.05, 0.1) is 27.0 Å². The minimum Gasteiger partial charge on any atom is -0.381 e. The molecular weight excluding hydrogens is 279 g/mol. The van der Waals surface area contributed by atoms with Crippen molar-refractivity contribution in [2.75, 3.05) is 17.2 Å². The van der Waals surface area contributed by atoms with Gasteiger partial charge in [-0.25, -0.2) is 0 Å². The van der Waals surface area contributed by atoms with Crippen molar-refractivity contribution < 1.29 is 0 Å². The number of anilines is 2. The zero-order valence-corrected chi connectivity index (χ0v) is 12.0. The fourth-order valence-corrected chi connectivity index (χ4v) is 2.72. The minimum atomic E-state index is -0.161. The number of fused-ring (bicyclic) bond motifs is 1. The Bertz CT molecular complexity index is 613. The molecule has 19 heavy (non-hydrogen) atoms. The third-order valence-corrected chi connectivity index (χ3v) is 4.24. The summed E-state index contributed by atoms with van der Waals surface area (Å²) in [5, 5.41) is 8.10. The molecule has 0 spiro atoms. The summed E-state index contributed by atoms with van der Waals surface area (Å²) in [6.07, 6.45) is 0. The Kier molecular flexibility index (Phi) is 3.08. The summed E-state index contributed by atoms with van der Waals surface area (Å²) in [6.45, 7) is 2.96. The fraction of sp³-hybridized carbons (Fsp3) is 0.200. The van der Waals surface area contributed by atoms with Crippen molar-refractivity contribution in [2.24, 2.45) is 0 Å². The molecule has 0 aromatic heterocycles. The van der Waals surface area contributed by atoms with E-state index in [2.05, 4.69) is 29.7 Å². The Morgan fingerprint density at radius 2 is 1.63 bits per heavy atom. The number of hydrogen-bond donors (Lipinski definition) is 2. The van der Waals surface area contributed by atoms with Gasteiger partial charge in [0.1, 0.15) is 0 Å². The zero-order chi connectivity index (χ0) is 13.5. The van der Waals surface area contributed by atoms with Crippen molar-refractivity contribution in [1.82, 2.24) is 0 Å². The molecule has 0 aliphatic carbocycles. The SMILES string of the molecule is CC1(c2ccccc2)CNc2cc(Cl)c(Cl)cc2N1. The molecule has 98 valence electrons. The van der Waals surface area contributed by atoms with Gasteiger partial charge in [0.2, 0.25) is 0 Å². The first-order valence-electron chi connectivity index (χ1n) is 6.15. The zero-order valence-electron chi connectivity index (χ0n) is 10.5. The summed E-state index contributed by atoms with van der Waals surface area (Å²) < 4.78 is 0. The molecule has 0 saturated carbocycles. The lowest BCUT2D eigenvalue weighted by Crippen LogP contribution is -2.42. The third kappa shape index (κ3) is 2.26. The maximum atomic E-state index is 6.09. The average Bonchev–Trinajstić information content (AvgIpc) is 2.42. The van der Waals surface area contributed by atoms with Gasteiger partial charge in [0.25, 0.3) is 0 Å². The van der Waals surface area contributed by atoms with Crippen LogP contribution in [-0.2, 0) is 5.54 Å². The van der Waals surface area contributed by atoms with Crippen LogP contribution in [0.1, 0.15) is 12.5 Å². The van der Waals surface area contributed by atoms with E-state index < -0.39 is 0 Å². The number of nitrogens with one attached hydrogen (secondary N) is 2. The van der Waals surface area contributed by atoms with Gasteiger partial charge < -0.3 is 10.6 Å². The van der Waals surface area contributed by atoms with Crippen LogP contribution in [0.25, 0.3) is 0 Å². The van der Waals surface area contributed by atoms with E-state index >= 15 is 0 Å². The van der Waals surface area contributed by atoms with Crippen LogP contribution in [0, 0.1) is 0 Å². The van der Waals surface area contributed by atoms with Crippen molar-refractivity contribution in [1.29, 1.82) is 0 Å². The summed E-state index contributed by atoms with van der Waals surface area (Å²) in [6, 6.07) is 14.1. The molecule has 2 aromatic rings. The summed E-state index contributed by atoms with van der Waals surface area (Å²) in [5.41, 5.74) is 3.04. The number of benzene rings is 2. The Labute approximate surface area is 122 Å². The Balaban J connectivity index is 2.00. The molecule has 1 atom stereocenters. The molecule has 1 aliphatic rings. The van der Waals surface area contributed by atoms with Crippen LogP contribution in [0.3, 0.4) is 0 Å². The van der Waals surface area contributed by atoms with Gasteiger partial charge in [-0.05, 0) is 24.6 Å². The summed E-state index contributed by atoms with van der Waals surface area (Å²) in [5.74, 6) is 0. The van der Waals surface area contributed by atoms with E-state index in [9.17, 15) is 0 Å². The molecule has 2 N–H and O–H groups in total. The molecule has 0 amide bonds. The number of hydrogen-bond acceptors (Lipinski definition) is 2. The van der Waals surface area contributed by atoms with Crippen LogP contribution in [0.2, 0.25) is 10.0 Å². The van der Waals surface area contributed by atoms with Crippen LogP contribution in [0.15, 0.2) is 42.5 Å². The first-order chi connectivity index (χ1) is 9.08. The lowest BCUT2D eigenvalue weighted by Gasteiger charge is -2.38. The van der Waals surface area contributed by atoms with Gasteiger partial charge in [0, 0.05) is 6.54 Å². The molecular formula is C15H14Cl2N2. The Hall–Kier alpha value is -1.38. The molecule has 0 fully saturated rings. The van der Waals surface area contributed by atoms with Crippen molar-refractivity contribution in [3.05, 3.63) is 58.1 Å². The van der Waals surface area contributed by atoms with E-state index in [-0.39, 0.29) is 5.54 Å². The van der Waals surface area contributed by atoms with Gasteiger partial charge in [-0.3, -0.25) is 0 Å². The lowest BCUT2D eigenvalue weighted by atomic mass is 9.89. The van der Waals surface area contributed by atoms with Crippen molar-refractivity contribution in [2.45, 2.75) is 12.5 Å². The van der Waals surface area contributed by atoms with Gasteiger partial charge in [0.15, 0.2) is 0 Å². The van der Waals surface area contributed by atoms with E-state index in [1.165, 1.54) is 5.56 Å². The molecule has 0 radical (unpaired) electrons. The second-order valence-electron chi connectivity index (χ2n) is 4.99. The molecule has 3 rings (SSSR count). The largest absolute Gasteiger partial charge is 0.381 e. The molecule has 2 nitrogen and oxygen atoms in total. The summed E-state index contributed by atoms with van der Waals surface area (Å²) >= 11 is 12.1. The molecule has 1 heterocycles. The topological polar surface area (TPSA) is 24.1 Å². The van der Waals surface area contributed by atoms with E-state index in [1.807, 2.05) is 30.3 Å². The smallest absolute Gasteiger partial charge is 0.0770 e. The highest BCUT2D eigenvalue weighted by molar-refractivity contribution is 6.42. The molecule has 4 heteroatoms. The second kappa shape index (κ2) is 4.62. The van der Waals surface area contributed by atoms with E-state index in [4.69, 9.17) is 23.2 Å². The maximum Gasteiger partial charge on any atom is 0.0770 e. The highest BCUT2D eigenvalue weighted by atomic mass is 35.5. The van der Waals surface area contributed by atoms with Crippen LogP contribution in [-0.4, -0.2) is 6.54 Å². The quantitative estimate of drug-likeness (QED) is 0.793.